The number of aromatic amines is 1. The van der Waals surface area contributed by atoms with Crippen LogP contribution in [0.15, 0.2) is 24.3 Å². The molecule has 2 aromatic rings. The lowest BCUT2D eigenvalue weighted by molar-refractivity contribution is 0.100. The molecule has 0 spiro atoms. The van der Waals surface area contributed by atoms with Gasteiger partial charge in [0.05, 0.1) is 18.4 Å². The first-order valence-electron chi connectivity index (χ1n) is 5.46. The summed E-state index contributed by atoms with van der Waals surface area (Å²) in [5, 5.41) is 0. The van der Waals surface area contributed by atoms with Gasteiger partial charge in [-0.2, -0.15) is 0 Å². The Hall–Kier alpha value is -2.43. The molecule has 18 heavy (non-hydrogen) atoms. The maximum absolute atomic E-state index is 11.2. The van der Waals surface area contributed by atoms with E-state index in [1.54, 1.807) is 13.2 Å². The zero-order chi connectivity index (χ0) is 13.3. The largest absolute Gasteiger partial charge is 0.496 e. The monoisotopic (exact) mass is 245 g/mol. The molecule has 0 aliphatic carbocycles. The Bertz CT molecular complexity index is 602. The van der Waals surface area contributed by atoms with Gasteiger partial charge in [-0.3, -0.25) is 4.79 Å². The van der Waals surface area contributed by atoms with E-state index in [4.69, 9.17) is 16.2 Å². The molecule has 0 bridgehead atoms. The third kappa shape index (κ3) is 2.02. The summed E-state index contributed by atoms with van der Waals surface area (Å²) in [5.74, 6) is 0.425. The summed E-state index contributed by atoms with van der Waals surface area (Å²) in [7, 11) is 1.60. The van der Waals surface area contributed by atoms with Gasteiger partial charge in [0.2, 0.25) is 0 Å². The van der Waals surface area contributed by atoms with Crippen LogP contribution in [-0.2, 0) is 0 Å². The SMILES string of the molecule is COc1cc(C)ccc1-c1cc(C(N)=O)c(N)[nH]1. The standard InChI is InChI=1S/C13H15N3O2/c1-7-3-4-8(11(5-7)18-2)10-6-9(13(15)17)12(14)16-10/h3-6,16H,14H2,1-2H3,(H2,15,17). The number of amides is 1. The summed E-state index contributed by atoms with van der Waals surface area (Å²) < 4.78 is 5.31. The van der Waals surface area contributed by atoms with Crippen molar-refractivity contribution in [2.24, 2.45) is 5.73 Å². The topological polar surface area (TPSA) is 94.1 Å². The zero-order valence-corrected chi connectivity index (χ0v) is 10.3. The lowest BCUT2D eigenvalue weighted by atomic mass is 10.1. The predicted octanol–water partition coefficient (Wildman–Crippen LogP) is 1.68. The minimum atomic E-state index is -0.555. The number of nitrogen functional groups attached to an aromatic ring is 1. The van der Waals surface area contributed by atoms with E-state index in [9.17, 15) is 4.79 Å². The van der Waals surface area contributed by atoms with Crippen molar-refractivity contribution >= 4 is 11.7 Å². The average Bonchev–Trinajstić information content (AvgIpc) is 2.71. The Morgan fingerprint density at radius 3 is 2.61 bits per heavy atom. The van der Waals surface area contributed by atoms with Crippen LogP contribution >= 0.6 is 0 Å². The highest BCUT2D eigenvalue weighted by Gasteiger charge is 2.14. The van der Waals surface area contributed by atoms with Crippen molar-refractivity contribution in [1.29, 1.82) is 0 Å². The molecule has 0 saturated heterocycles. The van der Waals surface area contributed by atoms with Crippen LogP contribution in [0.2, 0.25) is 0 Å². The highest BCUT2D eigenvalue weighted by molar-refractivity contribution is 5.99. The van der Waals surface area contributed by atoms with Crippen molar-refractivity contribution in [2.75, 3.05) is 12.8 Å². The third-order valence-electron chi connectivity index (χ3n) is 2.76. The normalized spacial score (nSPS) is 10.3. The molecule has 1 amide bonds. The third-order valence-corrected chi connectivity index (χ3v) is 2.76. The van der Waals surface area contributed by atoms with Crippen LogP contribution in [0.3, 0.4) is 0 Å². The van der Waals surface area contributed by atoms with E-state index in [2.05, 4.69) is 4.98 Å². The molecule has 0 fully saturated rings. The highest BCUT2D eigenvalue weighted by atomic mass is 16.5. The average molecular weight is 245 g/mol. The fourth-order valence-corrected chi connectivity index (χ4v) is 1.84. The van der Waals surface area contributed by atoms with E-state index in [1.165, 1.54) is 0 Å². The number of hydrogen-bond acceptors (Lipinski definition) is 3. The lowest BCUT2D eigenvalue weighted by Gasteiger charge is -2.07. The van der Waals surface area contributed by atoms with Crippen LogP contribution in [0.1, 0.15) is 15.9 Å². The molecule has 1 aromatic carbocycles. The second kappa shape index (κ2) is 4.44. The second-order valence-corrected chi connectivity index (χ2v) is 4.08. The molecule has 0 saturated carbocycles. The summed E-state index contributed by atoms with van der Waals surface area (Å²) in [6.07, 6.45) is 0. The van der Waals surface area contributed by atoms with Crippen molar-refractivity contribution in [1.82, 2.24) is 4.98 Å². The molecule has 2 rings (SSSR count). The van der Waals surface area contributed by atoms with Crippen LogP contribution in [-0.4, -0.2) is 18.0 Å². The van der Waals surface area contributed by atoms with Gasteiger partial charge in [-0.05, 0) is 30.7 Å². The molecule has 1 aromatic heterocycles. The molecule has 0 radical (unpaired) electrons. The molecule has 5 heteroatoms. The Morgan fingerprint density at radius 2 is 2.06 bits per heavy atom. The van der Waals surface area contributed by atoms with E-state index in [-0.39, 0.29) is 11.4 Å². The van der Waals surface area contributed by atoms with Gasteiger partial charge in [-0.25, -0.2) is 0 Å². The van der Waals surface area contributed by atoms with Crippen LogP contribution < -0.4 is 16.2 Å². The summed E-state index contributed by atoms with van der Waals surface area (Å²) in [5.41, 5.74) is 13.8. The highest BCUT2D eigenvalue weighted by Crippen LogP contribution is 2.31. The Labute approximate surface area is 105 Å². The van der Waals surface area contributed by atoms with E-state index < -0.39 is 5.91 Å². The first-order valence-corrected chi connectivity index (χ1v) is 5.46. The maximum atomic E-state index is 11.2. The summed E-state index contributed by atoms with van der Waals surface area (Å²) >= 11 is 0. The molecular weight excluding hydrogens is 230 g/mol. The first-order chi connectivity index (χ1) is 8.52. The van der Waals surface area contributed by atoms with Gasteiger partial charge in [-0.1, -0.05) is 6.07 Å². The van der Waals surface area contributed by atoms with Gasteiger partial charge in [0.25, 0.3) is 5.91 Å². The number of hydrogen-bond donors (Lipinski definition) is 3. The Kier molecular flexibility index (Phi) is 2.97. The number of primary amides is 1. The molecule has 0 unspecified atom stereocenters. The smallest absolute Gasteiger partial charge is 0.252 e. The number of nitrogens with one attached hydrogen (secondary N) is 1. The second-order valence-electron chi connectivity index (χ2n) is 4.08. The van der Waals surface area contributed by atoms with E-state index in [0.29, 0.717) is 11.4 Å². The number of carbonyl (C=O) groups excluding carboxylic acids is 1. The number of nitrogens with two attached hydrogens (primary N) is 2. The van der Waals surface area contributed by atoms with Crippen LogP contribution in [0.5, 0.6) is 5.75 Å². The minimum absolute atomic E-state index is 0.264. The molecule has 1 heterocycles. The van der Waals surface area contributed by atoms with Crippen LogP contribution in [0.4, 0.5) is 5.82 Å². The van der Waals surface area contributed by atoms with Crippen molar-refractivity contribution in [3.05, 3.63) is 35.4 Å². The van der Waals surface area contributed by atoms with E-state index in [1.807, 2.05) is 25.1 Å². The number of carbonyl (C=O) groups is 1. The van der Waals surface area contributed by atoms with Crippen molar-refractivity contribution in [2.45, 2.75) is 6.92 Å². The molecule has 5 nitrogen and oxygen atoms in total. The lowest BCUT2D eigenvalue weighted by Crippen LogP contribution is -2.11. The Morgan fingerprint density at radius 1 is 1.33 bits per heavy atom. The van der Waals surface area contributed by atoms with Gasteiger partial charge < -0.3 is 21.2 Å². The van der Waals surface area contributed by atoms with Gasteiger partial charge in [0.15, 0.2) is 0 Å². The summed E-state index contributed by atoms with van der Waals surface area (Å²) in [4.78, 5) is 14.1. The quantitative estimate of drug-likeness (QED) is 0.767. The fraction of sp³-hybridized carbons (Fsp3) is 0.154. The van der Waals surface area contributed by atoms with Crippen molar-refractivity contribution < 1.29 is 9.53 Å². The number of ether oxygens (including phenoxy) is 1. The van der Waals surface area contributed by atoms with Crippen LogP contribution in [0.25, 0.3) is 11.3 Å². The van der Waals surface area contributed by atoms with Crippen molar-refractivity contribution in [3.8, 4) is 17.0 Å². The van der Waals surface area contributed by atoms with Crippen molar-refractivity contribution in [3.63, 3.8) is 0 Å². The van der Waals surface area contributed by atoms with Gasteiger partial charge in [0, 0.05) is 5.56 Å². The zero-order valence-electron chi connectivity index (χ0n) is 10.3. The number of benzene rings is 1. The molecular formula is C13H15N3O2. The number of H-pyrrole nitrogens is 1. The van der Waals surface area contributed by atoms with Crippen LogP contribution in [0, 0.1) is 6.92 Å². The number of anilines is 1. The van der Waals surface area contributed by atoms with Gasteiger partial charge >= 0.3 is 0 Å². The summed E-state index contributed by atoms with van der Waals surface area (Å²) in [6.45, 7) is 1.98. The molecule has 94 valence electrons. The number of rotatable bonds is 3. The van der Waals surface area contributed by atoms with E-state index >= 15 is 0 Å². The predicted molar refractivity (Wildman–Crippen MR) is 70.4 cm³/mol. The fourth-order valence-electron chi connectivity index (χ4n) is 1.84. The first kappa shape index (κ1) is 12.0. The number of methoxy groups -OCH3 is 1. The molecule has 5 N–H and O–H groups in total. The number of aromatic nitrogens is 1. The van der Waals surface area contributed by atoms with Gasteiger partial charge in [0.1, 0.15) is 11.6 Å². The van der Waals surface area contributed by atoms with E-state index in [0.717, 1.165) is 11.1 Å². The summed E-state index contributed by atoms with van der Waals surface area (Å²) in [6, 6.07) is 7.41. The molecule has 0 atom stereocenters. The number of aryl methyl sites for hydroxylation is 1. The Balaban J connectivity index is 2.55. The van der Waals surface area contributed by atoms with Gasteiger partial charge in [-0.15, -0.1) is 0 Å². The molecule has 0 aliphatic heterocycles. The maximum Gasteiger partial charge on any atom is 0.252 e. The minimum Gasteiger partial charge on any atom is -0.496 e. The molecule has 0 aliphatic rings.